The fourth-order valence-electron chi connectivity index (χ4n) is 6.94. The van der Waals surface area contributed by atoms with E-state index >= 15 is 0 Å². The Morgan fingerprint density at radius 1 is 0.746 bits per heavy atom. The zero-order valence-corrected chi connectivity index (χ0v) is 40.3. The Kier molecular flexibility index (Phi) is 18.0. The van der Waals surface area contributed by atoms with Crippen molar-refractivity contribution < 1.29 is 14.4 Å². The number of hydrogen-bond acceptors (Lipinski definition) is 12. The van der Waals surface area contributed by atoms with Gasteiger partial charge in [0.25, 0.3) is 0 Å². The highest BCUT2D eigenvalue weighted by atomic mass is 79.9. The van der Waals surface area contributed by atoms with E-state index in [1.54, 1.807) is 34.0 Å². The summed E-state index contributed by atoms with van der Waals surface area (Å²) in [5.74, 6) is 1.71. The van der Waals surface area contributed by atoms with Crippen molar-refractivity contribution in [2.75, 3.05) is 33.5 Å². The van der Waals surface area contributed by atoms with Crippen molar-refractivity contribution >= 4 is 103 Å². The summed E-state index contributed by atoms with van der Waals surface area (Å²) in [6.07, 6.45) is 13.7. The maximum atomic E-state index is 12.1. The number of anilines is 1. The second-order valence-corrected chi connectivity index (χ2v) is 21.0. The number of nitrogens with two attached hydrogens (primary N) is 2. The highest BCUT2D eigenvalue weighted by Gasteiger charge is 2.24. The van der Waals surface area contributed by atoms with Crippen LogP contribution in [0.3, 0.4) is 0 Å². The van der Waals surface area contributed by atoms with Crippen LogP contribution in [0.15, 0.2) is 51.0 Å². The molecule has 59 heavy (non-hydrogen) atoms. The van der Waals surface area contributed by atoms with Gasteiger partial charge in [-0.15, -0.1) is 57.8 Å². The van der Waals surface area contributed by atoms with E-state index in [1.807, 2.05) is 68.0 Å². The topological polar surface area (TPSA) is 157 Å². The third-order valence-corrected chi connectivity index (χ3v) is 14.6. The van der Waals surface area contributed by atoms with Crippen LogP contribution in [0.4, 0.5) is 5.95 Å². The molecule has 0 bridgehead atoms. The summed E-state index contributed by atoms with van der Waals surface area (Å²) in [6.45, 7) is 6.28. The summed E-state index contributed by atoms with van der Waals surface area (Å²) in [7, 11) is 7.29. The first-order valence-electron chi connectivity index (χ1n) is 19.2. The molecule has 4 aliphatic carbocycles. The third kappa shape index (κ3) is 12.9. The molecule has 0 radical (unpaired) electrons. The van der Waals surface area contributed by atoms with E-state index in [1.165, 1.54) is 52.3 Å². The van der Waals surface area contributed by atoms with Gasteiger partial charge in [-0.25, -0.2) is 9.97 Å². The van der Waals surface area contributed by atoms with Gasteiger partial charge in [0.05, 0.1) is 9.48 Å². The van der Waals surface area contributed by atoms with Crippen molar-refractivity contribution in [3.05, 3.63) is 102 Å². The number of rotatable bonds is 2. The summed E-state index contributed by atoms with van der Waals surface area (Å²) in [4.78, 5) is 58.0. The standard InChI is InChI=1S/C12H13N3S.C12H15NOS.C9H10OS.C8H7BrOS.C2H7N3.ClH/c1-7-5-9-10(16-7)4-3-8-6-14-12(13-2)15-11(8)9;1-8-6-10-11(15-8)5-4-9(12(10)14)7-13(2)3;1-6-5-7-8(10)3-2-4-9(7)11-6;9-8-4-5-6(10)2-1-3-7(5)11-8;1-5-2(3)4;/h5-6H,3-4H2,1-2H3,(H,13,14,15);6-7H,4-5H2,1-3H3;5H,2-4H2,1H3;4H,1-3H2;1H3,(H4,3,4,5);1H/b;9-7-;;;;. The summed E-state index contributed by atoms with van der Waals surface area (Å²) in [5.41, 5.74) is 17.1. The molecule has 316 valence electrons. The zero-order valence-electron chi connectivity index (χ0n) is 34.6. The molecule has 0 atom stereocenters. The van der Waals surface area contributed by atoms with E-state index in [4.69, 9.17) is 11.5 Å². The fourth-order valence-corrected chi connectivity index (χ4v) is 11.9. The summed E-state index contributed by atoms with van der Waals surface area (Å²) in [5, 5.41) is 3.00. The van der Waals surface area contributed by atoms with Gasteiger partial charge in [0.2, 0.25) is 5.95 Å². The molecule has 0 saturated carbocycles. The first kappa shape index (κ1) is 47.9. The van der Waals surface area contributed by atoms with E-state index in [9.17, 15) is 14.4 Å². The molecule has 0 aliphatic heterocycles. The van der Waals surface area contributed by atoms with Gasteiger partial charge in [-0.2, -0.15) is 0 Å². The molecule has 10 nitrogen and oxygen atoms in total. The lowest BCUT2D eigenvalue weighted by Crippen LogP contribution is -2.21. The van der Waals surface area contributed by atoms with Crippen LogP contribution in [0.1, 0.15) is 103 Å². The maximum absolute atomic E-state index is 12.1. The lowest BCUT2D eigenvalue weighted by molar-refractivity contribution is 0.0965. The molecule has 5 heterocycles. The second-order valence-electron chi connectivity index (χ2n) is 14.4. The number of halogens is 2. The third-order valence-electron chi connectivity index (χ3n) is 9.59. The fraction of sp³-hybridized carbons (Fsp3) is 0.395. The van der Waals surface area contributed by atoms with Crippen LogP contribution in [-0.4, -0.2) is 66.4 Å². The van der Waals surface area contributed by atoms with Crippen LogP contribution < -0.4 is 16.8 Å². The van der Waals surface area contributed by atoms with Gasteiger partial charge in [0.15, 0.2) is 23.3 Å². The Hall–Kier alpha value is -3.73. The number of ketones is 3. The zero-order chi connectivity index (χ0) is 42.1. The number of allylic oxidation sites excluding steroid dienone is 1. The average molecular weight is 960 g/mol. The molecule has 0 saturated heterocycles. The highest BCUT2D eigenvalue weighted by molar-refractivity contribution is 9.11. The number of carbonyl (C=O) groups is 3. The number of aliphatic imine (C=N–C) groups is 1. The Morgan fingerprint density at radius 3 is 1.76 bits per heavy atom. The molecule has 4 aliphatic rings. The normalized spacial score (nSPS) is 14.9. The summed E-state index contributed by atoms with van der Waals surface area (Å²) < 4.78 is 1.08. The number of hydrogen-bond donors (Lipinski definition) is 3. The van der Waals surface area contributed by atoms with Crippen molar-refractivity contribution in [1.29, 1.82) is 0 Å². The van der Waals surface area contributed by atoms with Gasteiger partial charge in [-0.05, 0) is 118 Å². The van der Waals surface area contributed by atoms with E-state index < -0.39 is 0 Å². The van der Waals surface area contributed by atoms with E-state index in [0.29, 0.717) is 17.5 Å². The van der Waals surface area contributed by atoms with Crippen LogP contribution in [0, 0.1) is 20.8 Å². The Bertz CT molecular complexity index is 2270. The van der Waals surface area contributed by atoms with Crippen molar-refractivity contribution in [2.45, 2.75) is 85.0 Å². The maximum Gasteiger partial charge on any atom is 0.222 e. The summed E-state index contributed by atoms with van der Waals surface area (Å²) >= 11 is 10.5. The number of aromatic nitrogens is 2. The molecule has 0 fully saturated rings. The van der Waals surface area contributed by atoms with E-state index in [-0.39, 0.29) is 24.1 Å². The number of thiophene rings is 4. The van der Waals surface area contributed by atoms with Gasteiger partial charge in [-0.3, -0.25) is 19.4 Å². The highest BCUT2D eigenvalue weighted by Crippen LogP contribution is 2.38. The van der Waals surface area contributed by atoms with Crippen molar-refractivity contribution in [2.24, 2.45) is 16.5 Å². The molecule has 9 rings (SSSR count). The number of aryl methyl sites for hydroxylation is 8. The number of nitrogens with one attached hydrogen (secondary N) is 1. The first-order valence-corrected chi connectivity index (χ1v) is 23.3. The molecule has 16 heteroatoms. The molecular weight excluding hydrogens is 906 g/mol. The quantitative estimate of drug-likeness (QED) is 0.0890. The van der Waals surface area contributed by atoms with Crippen molar-refractivity contribution in [1.82, 2.24) is 14.9 Å². The Balaban J connectivity index is 0.000000168. The summed E-state index contributed by atoms with van der Waals surface area (Å²) in [6, 6.07) is 8.23. The number of nitrogens with zero attached hydrogens (tertiary/aromatic N) is 4. The number of Topliss-reactive ketones (excluding diaryl/α,β-unsaturated/α-hetero) is 3. The van der Waals surface area contributed by atoms with Crippen molar-refractivity contribution in [3.8, 4) is 11.3 Å². The van der Waals surface area contributed by atoms with Gasteiger partial charge < -0.3 is 21.7 Å². The lowest BCUT2D eigenvalue weighted by atomic mass is 9.93. The Labute approximate surface area is 378 Å². The number of guanidine groups is 1. The van der Waals surface area contributed by atoms with Gasteiger partial charge >= 0.3 is 0 Å². The number of fused-ring (bicyclic) bond motifs is 6. The van der Waals surface area contributed by atoms with Gasteiger partial charge in [0.1, 0.15) is 0 Å². The van der Waals surface area contributed by atoms with Crippen LogP contribution in [0.25, 0.3) is 11.3 Å². The largest absolute Gasteiger partial charge is 0.383 e. The molecule has 5 aromatic rings. The SMILES string of the molecule is CN=C(N)N.CNc1ncc2c(n1)-c1cc(C)sc1CC2.Cc1cc2c(s1)CC/C(=C/N(C)C)C2=O.Cc1cc2c(s1)CCCC2=O.Cl.O=C1CCCc2sc(Br)cc21. The molecule has 0 spiro atoms. The molecule has 5 aromatic heterocycles. The predicted molar refractivity (Wildman–Crippen MR) is 255 cm³/mol. The van der Waals surface area contributed by atoms with Gasteiger partial charge in [0, 0.05) is 115 Å². The van der Waals surface area contributed by atoms with E-state index in [0.717, 1.165) is 96.0 Å². The minimum atomic E-state index is 0. The van der Waals surface area contributed by atoms with Crippen LogP contribution >= 0.6 is 73.7 Å². The molecule has 0 unspecified atom stereocenters. The van der Waals surface area contributed by atoms with Crippen molar-refractivity contribution in [3.63, 3.8) is 0 Å². The first-order chi connectivity index (χ1) is 27.7. The lowest BCUT2D eigenvalue weighted by Gasteiger charge is -2.15. The second kappa shape index (κ2) is 22.2. The molecule has 5 N–H and O–H groups in total. The smallest absolute Gasteiger partial charge is 0.222 e. The average Bonchev–Trinajstić information content (AvgIpc) is 3.98. The number of carbonyl (C=O) groups excluding carboxylic acids is 3. The monoisotopic (exact) mass is 957 g/mol. The molecular formula is C43H53BrClN7O3S4. The van der Waals surface area contributed by atoms with E-state index in [2.05, 4.69) is 63.0 Å². The van der Waals surface area contributed by atoms with Crippen LogP contribution in [-0.2, 0) is 32.1 Å². The predicted octanol–water partition coefficient (Wildman–Crippen LogP) is 10.2. The Morgan fingerprint density at radius 2 is 1.24 bits per heavy atom. The minimum absolute atomic E-state index is 0. The van der Waals surface area contributed by atoms with Gasteiger partial charge in [-0.1, -0.05) is 0 Å². The molecule has 0 aromatic carbocycles. The molecule has 0 amide bonds. The van der Waals surface area contributed by atoms with Crippen LogP contribution in [0.2, 0.25) is 0 Å². The minimum Gasteiger partial charge on any atom is -0.383 e. The van der Waals surface area contributed by atoms with Crippen LogP contribution in [0.5, 0.6) is 0 Å².